The lowest BCUT2D eigenvalue weighted by molar-refractivity contribution is 0.0518. The Bertz CT molecular complexity index is 298. The van der Waals surface area contributed by atoms with Crippen LogP contribution in [0.1, 0.15) is 30.0 Å². The summed E-state index contributed by atoms with van der Waals surface area (Å²) in [6.07, 6.45) is 0. The maximum absolute atomic E-state index is 11.3. The van der Waals surface area contributed by atoms with Crippen LogP contribution in [-0.4, -0.2) is 27.5 Å². The Kier molecular flexibility index (Phi) is 3.64. The molecule has 1 heterocycles. The second-order valence-electron chi connectivity index (χ2n) is 2.72. The smallest absolute Gasteiger partial charge is 0.358 e. The number of carbonyl (C=O) groups excluding carboxylic acids is 1. The highest BCUT2D eigenvalue weighted by atomic mass is 16.5. The van der Waals surface area contributed by atoms with Gasteiger partial charge in [0.25, 0.3) is 0 Å². The number of carbonyl (C=O) groups is 1. The molecule has 78 valence electrons. The summed E-state index contributed by atoms with van der Waals surface area (Å²) < 4.78 is 6.36. The molecule has 0 aliphatic heterocycles. The Morgan fingerprint density at radius 3 is 2.79 bits per heavy atom. The SMILES string of the molecule is CCOC(=O)c1cc(CO)n(CC)n1. The average Bonchev–Trinajstić information content (AvgIpc) is 2.61. The van der Waals surface area contributed by atoms with Crippen molar-refractivity contribution in [1.29, 1.82) is 0 Å². The summed E-state index contributed by atoms with van der Waals surface area (Å²) in [5.41, 5.74) is 0.869. The molecule has 0 atom stereocenters. The van der Waals surface area contributed by atoms with Crippen LogP contribution in [0.5, 0.6) is 0 Å². The van der Waals surface area contributed by atoms with Gasteiger partial charge in [0.05, 0.1) is 18.9 Å². The number of nitrogens with zero attached hydrogens (tertiary/aromatic N) is 2. The fourth-order valence-corrected chi connectivity index (χ4v) is 1.16. The zero-order valence-corrected chi connectivity index (χ0v) is 8.36. The molecule has 5 heteroatoms. The number of esters is 1. The van der Waals surface area contributed by atoms with Gasteiger partial charge >= 0.3 is 5.97 Å². The van der Waals surface area contributed by atoms with Gasteiger partial charge in [-0.25, -0.2) is 4.79 Å². The van der Waals surface area contributed by atoms with E-state index >= 15 is 0 Å². The van der Waals surface area contributed by atoms with Crippen LogP contribution >= 0.6 is 0 Å². The molecule has 0 aliphatic rings. The van der Waals surface area contributed by atoms with E-state index in [9.17, 15) is 4.79 Å². The van der Waals surface area contributed by atoms with Gasteiger partial charge in [0.15, 0.2) is 5.69 Å². The lowest BCUT2D eigenvalue weighted by Crippen LogP contribution is -2.07. The van der Waals surface area contributed by atoms with Gasteiger partial charge in [0.1, 0.15) is 0 Å². The van der Waals surface area contributed by atoms with E-state index in [2.05, 4.69) is 5.10 Å². The normalized spacial score (nSPS) is 10.2. The van der Waals surface area contributed by atoms with E-state index in [-0.39, 0.29) is 12.3 Å². The first-order chi connectivity index (χ1) is 6.72. The molecule has 1 aromatic rings. The van der Waals surface area contributed by atoms with E-state index < -0.39 is 5.97 Å². The third-order valence-corrected chi connectivity index (χ3v) is 1.81. The minimum atomic E-state index is -0.450. The van der Waals surface area contributed by atoms with Crippen molar-refractivity contribution < 1.29 is 14.6 Å². The van der Waals surface area contributed by atoms with Gasteiger partial charge in [0, 0.05) is 6.54 Å². The van der Waals surface area contributed by atoms with E-state index in [1.807, 2.05) is 6.92 Å². The molecular weight excluding hydrogens is 184 g/mol. The number of aromatic nitrogens is 2. The molecule has 0 saturated heterocycles. The van der Waals surface area contributed by atoms with Gasteiger partial charge in [-0.05, 0) is 19.9 Å². The summed E-state index contributed by atoms with van der Waals surface area (Å²) in [5, 5.41) is 13.0. The van der Waals surface area contributed by atoms with Crippen LogP contribution in [0, 0.1) is 0 Å². The topological polar surface area (TPSA) is 64.3 Å². The summed E-state index contributed by atoms with van der Waals surface area (Å²) in [7, 11) is 0. The minimum absolute atomic E-state index is 0.125. The van der Waals surface area contributed by atoms with E-state index in [4.69, 9.17) is 9.84 Å². The van der Waals surface area contributed by atoms with Crippen molar-refractivity contribution in [2.45, 2.75) is 27.0 Å². The fraction of sp³-hybridized carbons (Fsp3) is 0.556. The van der Waals surface area contributed by atoms with E-state index in [1.54, 1.807) is 17.7 Å². The molecule has 0 aromatic carbocycles. The molecule has 1 rings (SSSR count). The van der Waals surface area contributed by atoms with E-state index in [0.29, 0.717) is 18.8 Å². The Morgan fingerprint density at radius 2 is 2.36 bits per heavy atom. The van der Waals surface area contributed by atoms with Crippen LogP contribution < -0.4 is 0 Å². The molecule has 0 unspecified atom stereocenters. The number of rotatable bonds is 4. The number of hydrogen-bond acceptors (Lipinski definition) is 4. The number of ether oxygens (including phenoxy) is 1. The van der Waals surface area contributed by atoms with Crippen molar-refractivity contribution in [3.05, 3.63) is 17.5 Å². The molecule has 0 bridgehead atoms. The van der Waals surface area contributed by atoms with Crippen LogP contribution in [0.4, 0.5) is 0 Å². The highest BCUT2D eigenvalue weighted by Gasteiger charge is 2.13. The Balaban J connectivity index is 2.88. The van der Waals surface area contributed by atoms with Crippen molar-refractivity contribution in [3.8, 4) is 0 Å². The van der Waals surface area contributed by atoms with Crippen molar-refractivity contribution in [3.63, 3.8) is 0 Å². The highest BCUT2D eigenvalue weighted by Crippen LogP contribution is 2.06. The first-order valence-corrected chi connectivity index (χ1v) is 4.57. The summed E-state index contributed by atoms with van der Waals surface area (Å²) in [5.74, 6) is -0.450. The summed E-state index contributed by atoms with van der Waals surface area (Å²) in [6, 6.07) is 1.54. The first kappa shape index (κ1) is 10.7. The highest BCUT2D eigenvalue weighted by molar-refractivity contribution is 5.87. The molecule has 5 nitrogen and oxygen atoms in total. The second kappa shape index (κ2) is 4.76. The van der Waals surface area contributed by atoms with Gasteiger partial charge in [-0.3, -0.25) is 4.68 Å². The summed E-state index contributed by atoms with van der Waals surface area (Å²) in [6.45, 7) is 4.45. The zero-order chi connectivity index (χ0) is 10.6. The van der Waals surface area contributed by atoms with Crippen LogP contribution in [0.15, 0.2) is 6.07 Å². The molecule has 0 aliphatic carbocycles. The van der Waals surface area contributed by atoms with Gasteiger partial charge in [-0.1, -0.05) is 0 Å². The van der Waals surface area contributed by atoms with Crippen molar-refractivity contribution in [2.75, 3.05) is 6.61 Å². The third-order valence-electron chi connectivity index (χ3n) is 1.81. The predicted molar refractivity (Wildman–Crippen MR) is 49.8 cm³/mol. The Morgan fingerprint density at radius 1 is 1.64 bits per heavy atom. The fourth-order valence-electron chi connectivity index (χ4n) is 1.16. The van der Waals surface area contributed by atoms with Gasteiger partial charge < -0.3 is 9.84 Å². The minimum Gasteiger partial charge on any atom is -0.461 e. The van der Waals surface area contributed by atoms with E-state index in [1.165, 1.54) is 0 Å². The van der Waals surface area contributed by atoms with Crippen LogP contribution in [-0.2, 0) is 17.9 Å². The molecule has 1 N–H and O–H groups in total. The van der Waals surface area contributed by atoms with Crippen molar-refractivity contribution in [2.24, 2.45) is 0 Å². The monoisotopic (exact) mass is 198 g/mol. The predicted octanol–water partition coefficient (Wildman–Crippen LogP) is 0.572. The molecule has 0 fully saturated rings. The maximum Gasteiger partial charge on any atom is 0.358 e. The molecule has 0 saturated carbocycles. The number of aliphatic hydroxyl groups is 1. The van der Waals surface area contributed by atoms with Gasteiger partial charge in [0.2, 0.25) is 0 Å². The largest absolute Gasteiger partial charge is 0.461 e. The zero-order valence-electron chi connectivity index (χ0n) is 8.36. The van der Waals surface area contributed by atoms with Crippen molar-refractivity contribution >= 4 is 5.97 Å². The first-order valence-electron chi connectivity index (χ1n) is 4.57. The van der Waals surface area contributed by atoms with E-state index in [0.717, 1.165) is 0 Å². The molecule has 1 aromatic heterocycles. The van der Waals surface area contributed by atoms with Crippen LogP contribution in [0.25, 0.3) is 0 Å². The Hall–Kier alpha value is -1.36. The lowest BCUT2D eigenvalue weighted by atomic mass is 10.3. The molecule has 14 heavy (non-hydrogen) atoms. The lowest BCUT2D eigenvalue weighted by Gasteiger charge is -1.98. The number of hydrogen-bond donors (Lipinski definition) is 1. The van der Waals surface area contributed by atoms with Crippen LogP contribution in [0.2, 0.25) is 0 Å². The molecule has 0 radical (unpaired) electrons. The molecule has 0 spiro atoms. The molecular formula is C9H14N2O3. The maximum atomic E-state index is 11.3. The Labute approximate surface area is 82.3 Å². The standard InChI is InChI=1S/C9H14N2O3/c1-3-11-7(6-12)5-8(10-11)9(13)14-4-2/h5,12H,3-4,6H2,1-2H3. The van der Waals surface area contributed by atoms with Gasteiger partial charge in [-0.2, -0.15) is 5.10 Å². The summed E-state index contributed by atoms with van der Waals surface area (Å²) >= 11 is 0. The summed E-state index contributed by atoms with van der Waals surface area (Å²) in [4.78, 5) is 11.3. The van der Waals surface area contributed by atoms with Crippen molar-refractivity contribution in [1.82, 2.24) is 9.78 Å². The van der Waals surface area contributed by atoms with Gasteiger partial charge in [-0.15, -0.1) is 0 Å². The quantitative estimate of drug-likeness (QED) is 0.718. The number of aryl methyl sites for hydroxylation is 1. The third kappa shape index (κ3) is 2.11. The average molecular weight is 198 g/mol. The number of aliphatic hydroxyl groups excluding tert-OH is 1. The second-order valence-corrected chi connectivity index (χ2v) is 2.72. The molecule has 0 amide bonds. The van der Waals surface area contributed by atoms with Crippen LogP contribution in [0.3, 0.4) is 0 Å².